The Hall–Kier alpha value is -2.08. The van der Waals surface area contributed by atoms with Crippen molar-refractivity contribution in [3.8, 4) is 0 Å². The maximum absolute atomic E-state index is 12.6. The van der Waals surface area contributed by atoms with E-state index in [4.69, 9.17) is 16.0 Å². The van der Waals surface area contributed by atoms with Gasteiger partial charge in [-0.3, -0.25) is 9.59 Å². The topological polar surface area (TPSA) is 66.7 Å². The molecule has 0 radical (unpaired) electrons. The second-order valence-electron chi connectivity index (χ2n) is 8.05. The quantitative estimate of drug-likeness (QED) is 0.557. The molecular formula is C23H32ClN3O3. The molecular weight excluding hydrogens is 402 g/mol. The highest BCUT2D eigenvalue weighted by molar-refractivity contribution is 6.31. The van der Waals surface area contributed by atoms with Gasteiger partial charge >= 0.3 is 0 Å². The van der Waals surface area contributed by atoms with E-state index >= 15 is 0 Å². The van der Waals surface area contributed by atoms with Gasteiger partial charge in [-0.2, -0.15) is 0 Å². The molecule has 0 unspecified atom stereocenters. The molecule has 0 bridgehead atoms. The summed E-state index contributed by atoms with van der Waals surface area (Å²) in [6.45, 7) is 7.17. The molecule has 7 heteroatoms. The Kier molecular flexibility index (Phi) is 8.14. The predicted molar refractivity (Wildman–Crippen MR) is 119 cm³/mol. The van der Waals surface area contributed by atoms with Crippen LogP contribution in [0.2, 0.25) is 5.02 Å². The highest BCUT2D eigenvalue weighted by atomic mass is 35.5. The Bertz CT molecular complexity index is 852. The fourth-order valence-corrected chi connectivity index (χ4v) is 4.24. The monoisotopic (exact) mass is 433 g/mol. The van der Waals surface area contributed by atoms with Crippen LogP contribution in [0.3, 0.4) is 0 Å². The molecule has 2 amide bonds. The number of hydrogen-bond acceptors (Lipinski definition) is 4. The van der Waals surface area contributed by atoms with Crippen molar-refractivity contribution in [2.75, 3.05) is 26.2 Å². The first-order valence-corrected chi connectivity index (χ1v) is 11.5. The van der Waals surface area contributed by atoms with Gasteiger partial charge in [0, 0.05) is 50.0 Å². The number of carbonyl (C=O) groups is 2. The van der Waals surface area contributed by atoms with Gasteiger partial charge < -0.3 is 14.2 Å². The Labute approximate surface area is 183 Å². The average molecular weight is 434 g/mol. The molecule has 0 spiro atoms. The van der Waals surface area contributed by atoms with E-state index in [0.717, 1.165) is 55.8 Å². The molecule has 1 aliphatic heterocycles. The molecule has 2 heterocycles. The molecule has 1 aliphatic rings. The number of halogens is 1. The average Bonchev–Trinajstić information content (AvgIpc) is 3.16. The summed E-state index contributed by atoms with van der Waals surface area (Å²) in [4.78, 5) is 33.3. The number of fused-ring (bicyclic) bond motifs is 1. The zero-order valence-corrected chi connectivity index (χ0v) is 18.8. The number of carbonyl (C=O) groups excluding carboxylic acids is 2. The first-order valence-electron chi connectivity index (χ1n) is 11.1. The van der Waals surface area contributed by atoms with Crippen LogP contribution in [0.1, 0.15) is 70.6 Å². The predicted octanol–water partition coefficient (Wildman–Crippen LogP) is 5.01. The number of piperidine rings is 1. The van der Waals surface area contributed by atoms with E-state index in [9.17, 15) is 9.59 Å². The van der Waals surface area contributed by atoms with Crippen molar-refractivity contribution < 1.29 is 14.0 Å². The minimum absolute atomic E-state index is 0.142. The second-order valence-corrected chi connectivity index (χ2v) is 8.49. The van der Waals surface area contributed by atoms with Gasteiger partial charge in [-0.1, -0.05) is 25.4 Å². The van der Waals surface area contributed by atoms with Crippen LogP contribution < -0.4 is 0 Å². The van der Waals surface area contributed by atoms with Gasteiger partial charge in [0.25, 0.3) is 0 Å². The van der Waals surface area contributed by atoms with Crippen LogP contribution in [0.15, 0.2) is 22.6 Å². The number of hydrogen-bond donors (Lipinski definition) is 0. The Morgan fingerprint density at radius 3 is 2.53 bits per heavy atom. The minimum atomic E-state index is 0.142. The summed E-state index contributed by atoms with van der Waals surface area (Å²) in [6, 6.07) is 5.46. The number of benzene rings is 1. The number of aromatic nitrogens is 1. The van der Waals surface area contributed by atoms with Crippen molar-refractivity contribution in [1.29, 1.82) is 0 Å². The van der Waals surface area contributed by atoms with Gasteiger partial charge in [-0.25, -0.2) is 4.98 Å². The zero-order chi connectivity index (χ0) is 21.5. The lowest BCUT2D eigenvalue weighted by Crippen LogP contribution is -2.38. The molecule has 3 rings (SSSR count). The van der Waals surface area contributed by atoms with Crippen LogP contribution in [-0.2, 0) is 9.59 Å². The van der Waals surface area contributed by atoms with Gasteiger partial charge in [0.1, 0.15) is 5.52 Å². The van der Waals surface area contributed by atoms with E-state index < -0.39 is 0 Å². The number of rotatable bonds is 9. The van der Waals surface area contributed by atoms with Crippen molar-refractivity contribution in [2.45, 2.75) is 64.7 Å². The van der Waals surface area contributed by atoms with E-state index in [2.05, 4.69) is 18.8 Å². The SMILES string of the molecule is CCCN(CCC)C(=O)CCCC(=O)N1CCC(c2nc3cc(Cl)ccc3o2)CC1. The molecule has 0 atom stereocenters. The minimum Gasteiger partial charge on any atom is -0.440 e. The largest absolute Gasteiger partial charge is 0.440 e. The Balaban J connectivity index is 1.44. The Morgan fingerprint density at radius 1 is 1.17 bits per heavy atom. The molecule has 1 aromatic heterocycles. The lowest BCUT2D eigenvalue weighted by atomic mass is 9.96. The summed E-state index contributed by atoms with van der Waals surface area (Å²) in [7, 11) is 0. The molecule has 0 aliphatic carbocycles. The molecule has 1 fully saturated rings. The van der Waals surface area contributed by atoms with Crippen molar-refractivity contribution in [3.63, 3.8) is 0 Å². The Morgan fingerprint density at radius 2 is 1.87 bits per heavy atom. The van der Waals surface area contributed by atoms with Crippen LogP contribution >= 0.6 is 11.6 Å². The summed E-state index contributed by atoms with van der Waals surface area (Å²) < 4.78 is 5.90. The fraction of sp³-hybridized carbons (Fsp3) is 0.609. The molecule has 1 saturated heterocycles. The van der Waals surface area contributed by atoms with E-state index in [0.29, 0.717) is 37.4 Å². The van der Waals surface area contributed by atoms with Crippen molar-refractivity contribution in [3.05, 3.63) is 29.1 Å². The van der Waals surface area contributed by atoms with E-state index in [-0.39, 0.29) is 17.7 Å². The first-order chi connectivity index (χ1) is 14.5. The molecule has 0 N–H and O–H groups in total. The summed E-state index contributed by atoms with van der Waals surface area (Å²) in [6.07, 6.45) is 5.11. The van der Waals surface area contributed by atoms with Gasteiger partial charge in [0.15, 0.2) is 11.5 Å². The van der Waals surface area contributed by atoms with Gasteiger partial charge in [0.05, 0.1) is 0 Å². The lowest BCUT2D eigenvalue weighted by Gasteiger charge is -2.30. The molecule has 1 aromatic carbocycles. The lowest BCUT2D eigenvalue weighted by molar-refractivity contribution is -0.133. The highest BCUT2D eigenvalue weighted by Crippen LogP contribution is 2.31. The number of nitrogens with zero attached hydrogens (tertiary/aromatic N) is 3. The van der Waals surface area contributed by atoms with Crippen LogP contribution in [0.4, 0.5) is 0 Å². The first kappa shape index (κ1) is 22.6. The maximum atomic E-state index is 12.6. The zero-order valence-electron chi connectivity index (χ0n) is 18.0. The third kappa shape index (κ3) is 5.75. The number of likely N-dealkylation sites (tertiary alicyclic amines) is 1. The normalized spacial score (nSPS) is 15.0. The van der Waals surface area contributed by atoms with E-state index in [1.807, 2.05) is 21.9 Å². The number of oxazole rings is 1. The van der Waals surface area contributed by atoms with Crippen LogP contribution in [0.5, 0.6) is 0 Å². The maximum Gasteiger partial charge on any atom is 0.222 e. The van der Waals surface area contributed by atoms with Crippen molar-refractivity contribution in [1.82, 2.24) is 14.8 Å². The summed E-state index contributed by atoms with van der Waals surface area (Å²) in [5.74, 6) is 1.26. The van der Waals surface area contributed by atoms with E-state index in [1.54, 1.807) is 6.07 Å². The molecule has 2 aromatic rings. The third-order valence-electron chi connectivity index (χ3n) is 5.68. The molecule has 6 nitrogen and oxygen atoms in total. The van der Waals surface area contributed by atoms with Crippen LogP contribution in [0.25, 0.3) is 11.1 Å². The van der Waals surface area contributed by atoms with Gasteiger partial charge in [-0.15, -0.1) is 0 Å². The summed E-state index contributed by atoms with van der Waals surface area (Å²) >= 11 is 6.03. The molecule has 164 valence electrons. The fourth-order valence-electron chi connectivity index (χ4n) is 4.08. The smallest absolute Gasteiger partial charge is 0.222 e. The van der Waals surface area contributed by atoms with Crippen molar-refractivity contribution in [2.24, 2.45) is 0 Å². The highest BCUT2D eigenvalue weighted by Gasteiger charge is 2.27. The summed E-state index contributed by atoms with van der Waals surface area (Å²) in [5, 5.41) is 0.647. The summed E-state index contributed by atoms with van der Waals surface area (Å²) in [5.41, 5.74) is 1.53. The third-order valence-corrected chi connectivity index (χ3v) is 5.92. The van der Waals surface area contributed by atoms with Crippen LogP contribution in [0, 0.1) is 0 Å². The van der Waals surface area contributed by atoms with Crippen LogP contribution in [-0.4, -0.2) is 52.8 Å². The molecule has 30 heavy (non-hydrogen) atoms. The van der Waals surface area contributed by atoms with Crippen molar-refractivity contribution >= 4 is 34.5 Å². The second kappa shape index (κ2) is 10.8. The van der Waals surface area contributed by atoms with Gasteiger partial charge in [-0.05, 0) is 50.3 Å². The van der Waals surface area contributed by atoms with E-state index in [1.165, 1.54) is 0 Å². The molecule has 0 saturated carbocycles. The number of amides is 2. The standard InChI is InChI=1S/C23H32ClN3O3/c1-3-12-26(13-4-2)21(28)6-5-7-22(29)27-14-10-17(11-15-27)23-25-19-16-18(24)8-9-20(19)30-23/h8-9,16-17H,3-7,10-15H2,1-2H3. The van der Waals surface area contributed by atoms with Gasteiger partial charge in [0.2, 0.25) is 11.8 Å².